The van der Waals surface area contributed by atoms with E-state index in [9.17, 15) is 9.59 Å². The number of rotatable bonds is 5. The molecule has 4 N–H and O–H groups in total. The fraction of sp³-hybridized carbons (Fsp3) is 0.429. The fourth-order valence-electron chi connectivity index (χ4n) is 3.62. The number of carbonyl (C=O) groups excluding carboxylic acids is 1. The van der Waals surface area contributed by atoms with Gasteiger partial charge in [0.05, 0.1) is 0 Å². The molecule has 2 heterocycles. The van der Waals surface area contributed by atoms with Crippen molar-refractivity contribution in [2.45, 2.75) is 46.2 Å². The van der Waals surface area contributed by atoms with Gasteiger partial charge >= 0.3 is 0 Å². The van der Waals surface area contributed by atoms with Crippen molar-refractivity contribution in [1.29, 1.82) is 0 Å². The highest BCUT2D eigenvalue weighted by atomic mass is 79.9. The third-order valence-electron chi connectivity index (χ3n) is 5.24. The molecule has 1 aliphatic rings. The highest BCUT2D eigenvalue weighted by Crippen LogP contribution is 2.27. The molecule has 0 spiro atoms. The molecule has 1 aromatic carbocycles. The first-order valence-corrected chi connectivity index (χ1v) is 10.4. The molecular formula is C21H27BrN4O2. The molecule has 1 aromatic heterocycles. The van der Waals surface area contributed by atoms with Crippen LogP contribution in [0.3, 0.4) is 0 Å². The second-order valence-electron chi connectivity index (χ2n) is 7.42. The molecule has 2 aromatic rings. The van der Waals surface area contributed by atoms with Crippen molar-refractivity contribution in [3.8, 4) is 0 Å². The van der Waals surface area contributed by atoms with Gasteiger partial charge in [0.15, 0.2) is 0 Å². The standard InChI is InChI=1S/C21H27BrN4O2/c1-12-8-13(2)25-21(28)18(12)11-24-20(27)17-9-15(22)10-19(14(17)3)26-16-4-6-23-7-5-16/h8-10,16,23,26H,4-7,11H2,1-3H3,(H,24,27)(H,25,28). The minimum atomic E-state index is -0.188. The van der Waals surface area contributed by atoms with Crippen LogP contribution in [0.1, 0.15) is 45.6 Å². The summed E-state index contributed by atoms with van der Waals surface area (Å²) in [6, 6.07) is 6.15. The summed E-state index contributed by atoms with van der Waals surface area (Å²) < 4.78 is 0.851. The van der Waals surface area contributed by atoms with E-state index in [0.29, 0.717) is 17.2 Å². The van der Waals surface area contributed by atoms with Crippen molar-refractivity contribution >= 4 is 27.5 Å². The van der Waals surface area contributed by atoms with Crippen molar-refractivity contribution in [1.82, 2.24) is 15.6 Å². The summed E-state index contributed by atoms with van der Waals surface area (Å²) >= 11 is 3.52. The van der Waals surface area contributed by atoms with Gasteiger partial charge < -0.3 is 20.9 Å². The number of benzene rings is 1. The Bertz CT molecular complexity index is 933. The van der Waals surface area contributed by atoms with Gasteiger partial charge in [0.2, 0.25) is 0 Å². The lowest BCUT2D eigenvalue weighted by Crippen LogP contribution is -2.35. The Labute approximate surface area is 173 Å². The predicted molar refractivity (Wildman–Crippen MR) is 116 cm³/mol. The first-order valence-electron chi connectivity index (χ1n) is 9.60. The van der Waals surface area contributed by atoms with E-state index in [2.05, 4.69) is 36.9 Å². The Morgan fingerprint density at radius 3 is 2.57 bits per heavy atom. The molecular weight excluding hydrogens is 420 g/mol. The lowest BCUT2D eigenvalue weighted by molar-refractivity contribution is 0.0950. The number of aromatic nitrogens is 1. The van der Waals surface area contributed by atoms with E-state index < -0.39 is 0 Å². The van der Waals surface area contributed by atoms with Crippen LogP contribution in [-0.4, -0.2) is 30.0 Å². The van der Waals surface area contributed by atoms with Crippen molar-refractivity contribution in [2.24, 2.45) is 0 Å². The number of piperidine rings is 1. The number of aryl methyl sites for hydroxylation is 2. The highest BCUT2D eigenvalue weighted by Gasteiger charge is 2.18. The second-order valence-corrected chi connectivity index (χ2v) is 8.34. The Kier molecular flexibility index (Phi) is 6.57. The average Bonchev–Trinajstić information content (AvgIpc) is 2.64. The molecule has 3 rings (SSSR count). The number of nitrogens with one attached hydrogen (secondary N) is 4. The van der Waals surface area contributed by atoms with Gasteiger partial charge in [0.1, 0.15) is 0 Å². The van der Waals surface area contributed by atoms with Gasteiger partial charge in [-0.25, -0.2) is 0 Å². The largest absolute Gasteiger partial charge is 0.382 e. The van der Waals surface area contributed by atoms with Gasteiger partial charge in [-0.1, -0.05) is 15.9 Å². The molecule has 0 radical (unpaired) electrons. The smallest absolute Gasteiger partial charge is 0.253 e. The number of hydrogen-bond donors (Lipinski definition) is 4. The lowest BCUT2D eigenvalue weighted by Gasteiger charge is -2.26. The second kappa shape index (κ2) is 8.92. The van der Waals surface area contributed by atoms with Crippen LogP contribution in [0, 0.1) is 20.8 Å². The van der Waals surface area contributed by atoms with Crippen molar-refractivity contribution < 1.29 is 4.79 Å². The minimum absolute atomic E-state index is 0.156. The number of aromatic amines is 1. The zero-order chi connectivity index (χ0) is 20.3. The number of hydrogen-bond acceptors (Lipinski definition) is 4. The van der Waals surface area contributed by atoms with Gasteiger partial charge in [-0.2, -0.15) is 0 Å². The number of pyridine rings is 1. The van der Waals surface area contributed by atoms with Crippen LogP contribution < -0.4 is 21.5 Å². The lowest BCUT2D eigenvalue weighted by atomic mass is 10.0. The Morgan fingerprint density at radius 2 is 1.89 bits per heavy atom. The molecule has 28 heavy (non-hydrogen) atoms. The summed E-state index contributed by atoms with van der Waals surface area (Å²) in [7, 11) is 0. The summed E-state index contributed by atoms with van der Waals surface area (Å²) in [5, 5.41) is 9.84. The zero-order valence-electron chi connectivity index (χ0n) is 16.5. The van der Waals surface area contributed by atoms with Crippen LogP contribution in [0.15, 0.2) is 27.5 Å². The van der Waals surface area contributed by atoms with Crippen molar-refractivity contribution in [3.05, 3.63) is 61.0 Å². The highest BCUT2D eigenvalue weighted by molar-refractivity contribution is 9.10. The van der Waals surface area contributed by atoms with Crippen LogP contribution in [0.2, 0.25) is 0 Å². The molecule has 0 bridgehead atoms. The van der Waals surface area contributed by atoms with E-state index in [0.717, 1.165) is 52.9 Å². The Morgan fingerprint density at radius 1 is 1.18 bits per heavy atom. The van der Waals surface area contributed by atoms with Crippen molar-refractivity contribution in [2.75, 3.05) is 18.4 Å². The molecule has 1 aliphatic heterocycles. The number of H-pyrrole nitrogens is 1. The molecule has 0 unspecified atom stereocenters. The van der Waals surface area contributed by atoms with Crippen LogP contribution in [-0.2, 0) is 6.54 Å². The van der Waals surface area contributed by atoms with E-state index in [-0.39, 0.29) is 18.0 Å². The summed E-state index contributed by atoms with van der Waals surface area (Å²) in [6.07, 6.45) is 2.12. The van der Waals surface area contributed by atoms with Gasteiger partial charge in [-0.3, -0.25) is 9.59 Å². The van der Waals surface area contributed by atoms with E-state index >= 15 is 0 Å². The summed E-state index contributed by atoms with van der Waals surface area (Å²) in [4.78, 5) is 27.8. The molecule has 0 atom stereocenters. The normalized spacial score (nSPS) is 14.7. The first kappa shape index (κ1) is 20.6. The topological polar surface area (TPSA) is 86.0 Å². The number of anilines is 1. The van der Waals surface area contributed by atoms with E-state index in [1.807, 2.05) is 39.0 Å². The molecule has 1 amide bonds. The summed E-state index contributed by atoms with van der Waals surface area (Å²) in [6.45, 7) is 7.89. The van der Waals surface area contributed by atoms with Crippen LogP contribution >= 0.6 is 15.9 Å². The fourth-order valence-corrected chi connectivity index (χ4v) is 4.07. The predicted octanol–water partition coefficient (Wildman–Crippen LogP) is 3.16. The van der Waals surface area contributed by atoms with Crippen LogP contribution in [0.4, 0.5) is 5.69 Å². The zero-order valence-corrected chi connectivity index (χ0v) is 18.1. The van der Waals surface area contributed by atoms with Crippen molar-refractivity contribution in [3.63, 3.8) is 0 Å². The Hall–Kier alpha value is -2.12. The molecule has 150 valence electrons. The minimum Gasteiger partial charge on any atom is -0.382 e. The molecule has 7 heteroatoms. The maximum Gasteiger partial charge on any atom is 0.253 e. The third-order valence-corrected chi connectivity index (χ3v) is 5.69. The van der Waals surface area contributed by atoms with Gasteiger partial charge in [-0.05, 0) is 76.0 Å². The maximum atomic E-state index is 12.8. The number of carbonyl (C=O) groups is 1. The monoisotopic (exact) mass is 446 g/mol. The van der Waals surface area contributed by atoms with Gasteiger partial charge in [0.25, 0.3) is 11.5 Å². The first-order chi connectivity index (χ1) is 13.3. The SMILES string of the molecule is Cc1cc(C)c(CNC(=O)c2cc(Br)cc(NC3CCNCC3)c2C)c(=O)[nH]1. The van der Waals surface area contributed by atoms with Crippen LogP contribution in [0.5, 0.6) is 0 Å². The molecule has 6 nitrogen and oxygen atoms in total. The number of amides is 1. The molecule has 0 saturated carbocycles. The van der Waals surface area contributed by atoms with Gasteiger partial charge in [0, 0.05) is 39.6 Å². The molecule has 1 fully saturated rings. The third kappa shape index (κ3) is 4.83. The maximum absolute atomic E-state index is 12.8. The van der Waals surface area contributed by atoms with E-state index in [1.54, 1.807) is 0 Å². The summed E-state index contributed by atoms with van der Waals surface area (Å²) in [5.41, 5.74) is 4.60. The van der Waals surface area contributed by atoms with E-state index in [4.69, 9.17) is 0 Å². The van der Waals surface area contributed by atoms with Gasteiger partial charge in [-0.15, -0.1) is 0 Å². The Balaban J connectivity index is 1.77. The number of halogens is 1. The quantitative estimate of drug-likeness (QED) is 0.568. The summed E-state index contributed by atoms with van der Waals surface area (Å²) in [5.74, 6) is -0.188. The van der Waals surface area contributed by atoms with E-state index in [1.165, 1.54) is 0 Å². The van der Waals surface area contributed by atoms with Crippen LogP contribution in [0.25, 0.3) is 0 Å². The average molecular weight is 447 g/mol. The molecule has 0 aliphatic carbocycles. The molecule has 1 saturated heterocycles.